The molecule has 3 aliphatic rings. The predicted octanol–water partition coefficient (Wildman–Crippen LogP) is 2.14. The Balaban J connectivity index is 1.48. The van der Waals surface area contributed by atoms with Crippen molar-refractivity contribution in [2.45, 2.75) is 25.7 Å². The normalized spacial score (nSPS) is 26.1. The second-order valence-electron chi connectivity index (χ2n) is 6.34. The summed E-state index contributed by atoms with van der Waals surface area (Å²) in [5.41, 5.74) is 1.44. The molecular formula is C16H27N3. The Morgan fingerprint density at radius 1 is 1.11 bits per heavy atom. The first kappa shape index (κ1) is 13.0. The van der Waals surface area contributed by atoms with Crippen molar-refractivity contribution in [3.63, 3.8) is 0 Å². The number of nitrogens with zero attached hydrogens (tertiary/aromatic N) is 3. The van der Waals surface area contributed by atoms with Crippen molar-refractivity contribution in [2.75, 3.05) is 46.3 Å². The fraction of sp³-hybridized carbons (Fsp3) is 0.750. The molecule has 0 N–H and O–H groups in total. The molecule has 106 valence electrons. The number of allylic oxidation sites excluding steroid dienone is 1. The highest BCUT2D eigenvalue weighted by molar-refractivity contribution is 5.22. The minimum atomic E-state index is 0.947. The van der Waals surface area contributed by atoms with E-state index in [1.54, 1.807) is 0 Å². The van der Waals surface area contributed by atoms with Crippen molar-refractivity contribution in [1.82, 2.24) is 14.7 Å². The maximum atomic E-state index is 2.53. The first-order valence-corrected chi connectivity index (χ1v) is 7.87. The van der Waals surface area contributed by atoms with E-state index in [4.69, 9.17) is 0 Å². The van der Waals surface area contributed by atoms with Gasteiger partial charge in [0, 0.05) is 51.2 Å². The molecule has 0 spiro atoms. The van der Waals surface area contributed by atoms with E-state index in [1.165, 1.54) is 64.1 Å². The summed E-state index contributed by atoms with van der Waals surface area (Å²) in [7, 11) is 2.21. The number of hydrogen-bond donors (Lipinski definition) is 0. The fourth-order valence-corrected chi connectivity index (χ4v) is 3.48. The highest BCUT2D eigenvalue weighted by Crippen LogP contribution is 2.26. The third kappa shape index (κ3) is 3.33. The van der Waals surface area contributed by atoms with Gasteiger partial charge in [-0.3, -0.25) is 0 Å². The number of likely N-dealkylation sites (N-methyl/N-ethyl adjacent to an activating group) is 1. The first-order valence-electron chi connectivity index (χ1n) is 7.87. The molecular weight excluding hydrogens is 234 g/mol. The van der Waals surface area contributed by atoms with Crippen LogP contribution in [0, 0.1) is 5.92 Å². The van der Waals surface area contributed by atoms with Crippen LogP contribution in [0.25, 0.3) is 0 Å². The number of piperazine rings is 1. The van der Waals surface area contributed by atoms with Crippen LogP contribution in [0.2, 0.25) is 0 Å². The topological polar surface area (TPSA) is 9.72 Å². The Morgan fingerprint density at radius 3 is 2.47 bits per heavy atom. The SMILES string of the molecule is CN1CCN(C2=CCN(CC3CCCC3)C=C2)CC1. The van der Waals surface area contributed by atoms with E-state index in [0.29, 0.717) is 0 Å². The largest absolute Gasteiger partial charge is 0.373 e. The lowest BCUT2D eigenvalue weighted by Crippen LogP contribution is -2.44. The van der Waals surface area contributed by atoms with E-state index < -0.39 is 0 Å². The molecule has 3 heteroatoms. The van der Waals surface area contributed by atoms with E-state index in [2.05, 4.69) is 40.1 Å². The molecule has 1 aliphatic carbocycles. The van der Waals surface area contributed by atoms with Gasteiger partial charge in [0.15, 0.2) is 0 Å². The summed E-state index contributed by atoms with van der Waals surface area (Å²) in [6.07, 6.45) is 12.9. The molecule has 0 aromatic carbocycles. The minimum Gasteiger partial charge on any atom is -0.373 e. The highest BCUT2D eigenvalue weighted by Gasteiger charge is 2.19. The van der Waals surface area contributed by atoms with Gasteiger partial charge in [-0.1, -0.05) is 12.8 Å². The number of rotatable bonds is 3. The molecule has 0 bridgehead atoms. The van der Waals surface area contributed by atoms with Crippen molar-refractivity contribution < 1.29 is 0 Å². The van der Waals surface area contributed by atoms with Gasteiger partial charge in [0.1, 0.15) is 0 Å². The lowest BCUT2D eigenvalue weighted by molar-refractivity contribution is 0.188. The molecule has 0 aromatic rings. The van der Waals surface area contributed by atoms with Gasteiger partial charge in [-0.25, -0.2) is 0 Å². The summed E-state index contributed by atoms with van der Waals surface area (Å²) in [5.74, 6) is 0.947. The van der Waals surface area contributed by atoms with Crippen LogP contribution in [0.15, 0.2) is 24.0 Å². The Kier molecular flexibility index (Phi) is 4.12. The zero-order valence-electron chi connectivity index (χ0n) is 12.2. The Bertz CT molecular complexity index is 347. The van der Waals surface area contributed by atoms with Gasteiger partial charge < -0.3 is 14.7 Å². The van der Waals surface area contributed by atoms with Crippen LogP contribution in [0.4, 0.5) is 0 Å². The highest BCUT2D eigenvalue weighted by atomic mass is 15.3. The number of hydrogen-bond acceptors (Lipinski definition) is 3. The third-order valence-electron chi connectivity index (χ3n) is 4.83. The molecule has 3 rings (SSSR count). The molecule has 1 saturated carbocycles. The molecule has 2 fully saturated rings. The molecule has 1 saturated heterocycles. The lowest BCUT2D eigenvalue weighted by atomic mass is 10.1. The third-order valence-corrected chi connectivity index (χ3v) is 4.83. The Morgan fingerprint density at radius 2 is 1.84 bits per heavy atom. The molecule has 2 aliphatic heterocycles. The molecule has 0 amide bonds. The van der Waals surface area contributed by atoms with Crippen LogP contribution in [-0.2, 0) is 0 Å². The van der Waals surface area contributed by atoms with Crippen LogP contribution < -0.4 is 0 Å². The zero-order chi connectivity index (χ0) is 13.1. The van der Waals surface area contributed by atoms with Crippen molar-refractivity contribution in [3.05, 3.63) is 24.0 Å². The molecule has 0 atom stereocenters. The van der Waals surface area contributed by atoms with E-state index in [1.807, 2.05) is 0 Å². The Labute approximate surface area is 117 Å². The molecule has 2 heterocycles. The summed E-state index contributed by atoms with van der Waals surface area (Å²) in [6.45, 7) is 7.11. The van der Waals surface area contributed by atoms with Gasteiger partial charge in [-0.2, -0.15) is 0 Å². The maximum Gasteiger partial charge on any atom is 0.0377 e. The van der Waals surface area contributed by atoms with E-state index >= 15 is 0 Å². The van der Waals surface area contributed by atoms with Crippen molar-refractivity contribution in [3.8, 4) is 0 Å². The van der Waals surface area contributed by atoms with Gasteiger partial charge in [0.05, 0.1) is 0 Å². The molecule has 0 aromatic heterocycles. The average molecular weight is 261 g/mol. The quantitative estimate of drug-likeness (QED) is 0.770. The van der Waals surface area contributed by atoms with Gasteiger partial charge in [-0.15, -0.1) is 0 Å². The van der Waals surface area contributed by atoms with Gasteiger partial charge >= 0.3 is 0 Å². The van der Waals surface area contributed by atoms with Gasteiger partial charge in [0.2, 0.25) is 0 Å². The van der Waals surface area contributed by atoms with Gasteiger partial charge in [0.25, 0.3) is 0 Å². The predicted molar refractivity (Wildman–Crippen MR) is 79.8 cm³/mol. The second-order valence-corrected chi connectivity index (χ2v) is 6.34. The van der Waals surface area contributed by atoms with E-state index in [0.717, 1.165) is 12.5 Å². The van der Waals surface area contributed by atoms with Crippen molar-refractivity contribution in [2.24, 2.45) is 5.92 Å². The van der Waals surface area contributed by atoms with E-state index in [-0.39, 0.29) is 0 Å². The fourth-order valence-electron chi connectivity index (χ4n) is 3.48. The smallest absolute Gasteiger partial charge is 0.0377 e. The molecule has 3 nitrogen and oxygen atoms in total. The van der Waals surface area contributed by atoms with Crippen LogP contribution in [0.3, 0.4) is 0 Å². The zero-order valence-corrected chi connectivity index (χ0v) is 12.2. The summed E-state index contributed by atoms with van der Waals surface area (Å²) in [6, 6.07) is 0. The minimum absolute atomic E-state index is 0.947. The Hall–Kier alpha value is -0.960. The average Bonchev–Trinajstić information content (AvgIpc) is 2.94. The van der Waals surface area contributed by atoms with E-state index in [9.17, 15) is 0 Å². The maximum absolute atomic E-state index is 2.53. The summed E-state index contributed by atoms with van der Waals surface area (Å²) >= 11 is 0. The lowest BCUT2D eigenvalue weighted by Gasteiger charge is -2.36. The summed E-state index contributed by atoms with van der Waals surface area (Å²) in [5, 5.41) is 0. The second kappa shape index (κ2) is 6.00. The van der Waals surface area contributed by atoms with Crippen LogP contribution in [-0.4, -0.2) is 61.0 Å². The summed E-state index contributed by atoms with van der Waals surface area (Å²) in [4.78, 5) is 7.44. The molecule has 0 unspecified atom stereocenters. The first-order chi connectivity index (χ1) is 9.31. The van der Waals surface area contributed by atoms with Crippen molar-refractivity contribution in [1.29, 1.82) is 0 Å². The van der Waals surface area contributed by atoms with Gasteiger partial charge in [-0.05, 0) is 38.0 Å². The molecule has 19 heavy (non-hydrogen) atoms. The van der Waals surface area contributed by atoms with Crippen LogP contribution in [0.1, 0.15) is 25.7 Å². The standard InChI is InChI=1S/C16H27N3/c1-17-10-12-19(13-11-17)16-6-8-18(9-7-16)14-15-4-2-3-5-15/h6-8,15H,2-5,9-14H2,1H3. The monoisotopic (exact) mass is 261 g/mol. The van der Waals surface area contributed by atoms with Crippen LogP contribution in [0.5, 0.6) is 0 Å². The van der Waals surface area contributed by atoms with Crippen LogP contribution >= 0.6 is 0 Å². The molecule has 0 radical (unpaired) electrons. The summed E-state index contributed by atoms with van der Waals surface area (Å²) < 4.78 is 0. The van der Waals surface area contributed by atoms with Crippen molar-refractivity contribution >= 4 is 0 Å².